The Bertz CT molecular complexity index is 108. The maximum atomic E-state index is 5.43. The first kappa shape index (κ1) is 11.9. The number of hydrogen-bond acceptors (Lipinski definition) is 2. The molecule has 0 fully saturated rings. The third kappa shape index (κ3) is 6.62. The lowest BCUT2D eigenvalue weighted by Crippen LogP contribution is -2.22. The molecule has 0 saturated carbocycles. The van der Waals surface area contributed by atoms with Gasteiger partial charge in [-0.2, -0.15) is 0 Å². The highest BCUT2D eigenvalue weighted by Crippen LogP contribution is 2.15. The van der Waals surface area contributed by atoms with E-state index in [4.69, 9.17) is 9.47 Å². The summed E-state index contributed by atoms with van der Waals surface area (Å²) >= 11 is 0. The monoisotopic (exact) mass is 174 g/mol. The lowest BCUT2D eigenvalue weighted by Gasteiger charge is -2.22. The fourth-order valence-electron chi connectivity index (χ4n) is 0.919. The molecule has 2 heteroatoms. The van der Waals surface area contributed by atoms with Crippen LogP contribution in [-0.4, -0.2) is 25.4 Å². The van der Waals surface area contributed by atoms with Crippen molar-refractivity contribution in [1.29, 1.82) is 0 Å². The molecule has 0 aliphatic carbocycles. The molecular weight excluding hydrogens is 152 g/mol. The van der Waals surface area contributed by atoms with Crippen molar-refractivity contribution < 1.29 is 9.47 Å². The standard InChI is InChI=1S/C10H22O2/c1-9(2)12-8-6-7-10(3,4)11-5/h9H,6-8H2,1-5H3. The van der Waals surface area contributed by atoms with Crippen molar-refractivity contribution in [2.24, 2.45) is 0 Å². The summed E-state index contributed by atoms with van der Waals surface area (Å²) in [4.78, 5) is 0. The average Bonchev–Trinajstić information content (AvgIpc) is 1.98. The first-order valence-electron chi connectivity index (χ1n) is 4.65. The van der Waals surface area contributed by atoms with E-state index in [1.807, 2.05) is 0 Å². The highest BCUT2D eigenvalue weighted by Gasteiger charge is 2.15. The molecule has 0 N–H and O–H groups in total. The predicted molar refractivity (Wildman–Crippen MR) is 51.4 cm³/mol. The SMILES string of the molecule is COC(C)(C)CCCOC(C)C. The van der Waals surface area contributed by atoms with E-state index in [9.17, 15) is 0 Å². The Labute approximate surface area is 76.3 Å². The van der Waals surface area contributed by atoms with Gasteiger partial charge in [-0.1, -0.05) is 0 Å². The summed E-state index contributed by atoms with van der Waals surface area (Å²) in [5.41, 5.74) is 0.000337. The molecule has 0 aromatic carbocycles. The van der Waals surface area contributed by atoms with E-state index in [-0.39, 0.29) is 5.60 Å². The number of rotatable bonds is 6. The van der Waals surface area contributed by atoms with E-state index < -0.39 is 0 Å². The van der Waals surface area contributed by atoms with Gasteiger partial charge in [0.15, 0.2) is 0 Å². The molecule has 0 spiro atoms. The van der Waals surface area contributed by atoms with Crippen molar-refractivity contribution in [3.05, 3.63) is 0 Å². The van der Waals surface area contributed by atoms with Gasteiger partial charge in [0, 0.05) is 13.7 Å². The second kappa shape index (κ2) is 5.55. The molecule has 74 valence electrons. The molecule has 0 aromatic heterocycles. The molecule has 0 saturated heterocycles. The molecule has 12 heavy (non-hydrogen) atoms. The third-order valence-corrected chi connectivity index (χ3v) is 1.93. The second-order valence-electron chi connectivity index (χ2n) is 3.99. The van der Waals surface area contributed by atoms with Crippen LogP contribution in [0.1, 0.15) is 40.5 Å². The van der Waals surface area contributed by atoms with Gasteiger partial charge in [0.25, 0.3) is 0 Å². The zero-order chi connectivity index (χ0) is 9.61. The van der Waals surface area contributed by atoms with Crippen molar-refractivity contribution in [2.45, 2.75) is 52.2 Å². The maximum absolute atomic E-state index is 5.43. The van der Waals surface area contributed by atoms with Gasteiger partial charge in [-0.3, -0.25) is 0 Å². The summed E-state index contributed by atoms with van der Waals surface area (Å²) in [6, 6.07) is 0. The van der Waals surface area contributed by atoms with Gasteiger partial charge in [-0.15, -0.1) is 0 Å². The first-order chi connectivity index (χ1) is 5.48. The van der Waals surface area contributed by atoms with Crippen molar-refractivity contribution >= 4 is 0 Å². The molecule has 0 unspecified atom stereocenters. The Morgan fingerprint density at radius 1 is 1.25 bits per heavy atom. The molecular formula is C10H22O2. The van der Waals surface area contributed by atoms with Gasteiger partial charge in [0.1, 0.15) is 0 Å². The van der Waals surface area contributed by atoms with Crippen LogP contribution in [-0.2, 0) is 9.47 Å². The van der Waals surface area contributed by atoms with E-state index in [1.165, 1.54) is 0 Å². The zero-order valence-electron chi connectivity index (χ0n) is 9.02. The van der Waals surface area contributed by atoms with E-state index in [0.29, 0.717) is 6.10 Å². The Morgan fingerprint density at radius 3 is 2.25 bits per heavy atom. The lowest BCUT2D eigenvalue weighted by molar-refractivity contribution is 0.00117. The molecule has 0 aliphatic rings. The van der Waals surface area contributed by atoms with Gasteiger partial charge in [0.2, 0.25) is 0 Å². The van der Waals surface area contributed by atoms with Crippen LogP contribution in [0.5, 0.6) is 0 Å². The van der Waals surface area contributed by atoms with Gasteiger partial charge in [0.05, 0.1) is 11.7 Å². The van der Waals surface area contributed by atoms with Crippen LogP contribution in [0, 0.1) is 0 Å². The molecule has 0 radical (unpaired) electrons. The summed E-state index contributed by atoms with van der Waals surface area (Å²) in [5, 5.41) is 0. The fourth-order valence-corrected chi connectivity index (χ4v) is 0.919. The number of ether oxygens (including phenoxy) is 2. The lowest BCUT2D eigenvalue weighted by atomic mass is 10.0. The summed E-state index contributed by atoms with van der Waals surface area (Å²) < 4.78 is 10.7. The average molecular weight is 174 g/mol. The second-order valence-corrected chi connectivity index (χ2v) is 3.99. The van der Waals surface area contributed by atoms with Crippen LogP contribution in [0.4, 0.5) is 0 Å². The minimum absolute atomic E-state index is 0.000337. The third-order valence-electron chi connectivity index (χ3n) is 1.93. The predicted octanol–water partition coefficient (Wildman–Crippen LogP) is 2.62. The molecule has 0 atom stereocenters. The number of methoxy groups -OCH3 is 1. The van der Waals surface area contributed by atoms with E-state index in [2.05, 4.69) is 27.7 Å². The van der Waals surface area contributed by atoms with E-state index in [1.54, 1.807) is 7.11 Å². The molecule has 0 bridgehead atoms. The summed E-state index contributed by atoms with van der Waals surface area (Å²) in [6.07, 6.45) is 2.46. The van der Waals surface area contributed by atoms with Crippen LogP contribution >= 0.6 is 0 Å². The minimum atomic E-state index is 0.000337. The minimum Gasteiger partial charge on any atom is -0.379 e. The van der Waals surface area contributed by atoms with Crippen molar-refractivity contribution in [3.8, 4) is 0 Å². The van der Waals surface area contributed by atoms with Gasteiger partial charge in [-0.25, -0.2) is 0 Å². The van der Waals surface area contributed by atoms with Gasteiger partial charge >= 0.3 is 0 Å². The molecule has 0 aromatic rings. The van der Waals surface area contributed by atoms with Gasteiger partial charge in [-0.05, 0) is 40.5 Å². The maximum Gasteiger partial charge on any atom is 0.0623 e. The highest BCUT2D eigenvalue weighted by atomic mass is 16.5. The van der Waals surface area contributed by atoms with Crippen LogP contribution < -0.4 is 0 Å². The van der Waals surface area contributed by atoms with E-state index in [0.717, 1.165) is 19.4 Å². The quantitative estimate of drug-likeness (QED) is 0.576. The Balaban J connectivity index is 3.31. The Morgan fingerprint density at radius 2 is 1.83 bits per heavy atom. The molecule has 0 heterocycles. The Hall–Kier alpha value is -0.0800. The highest BCUT2D eigenvalue weighted by molar-refractivity contribution is 4.66. The molecule has 2 nitrogen and oxygen atoms in total. The van der Waals surface area contributed by atoms with Crippen LogP contribution in [0.25, 0.3) is 0 Å². The normalized spacial score (nSPS) is 12.5. The molecule has 0 aliphatic heterocycles. The zero-order valence-corrected chi connectivity index (χ0v) is 9.02. The Kier molecular flexibility index (Phi) is 5.51. The van der Waals surface area contributed by atoms with Crippen molar-refractivity contribution in [3.63, 3.8) is 0 Å². The van der Waals surface area contributed by atoms with E-state index >= 15 is 0 Å². The molecule has 0 amide bonds. The summed E-state index contributed by atoms with van der Waals surface area (Å²) in [5.74, 6) is 0. The van der Waals surface area contributed by atoms with Crippen molar-refractivity contribution in [2.75, 3.05) is 13.7 Å². The topological polar surface area (TPSA) is 18.5 Å². The largest absolute Gasteiger partial charge is 0.379 e. The van der Waals surface area contributed by atoms with Gasteiger partial charge < -0.3 is 9.47 Å². The first-order valence-corrected chi connectivity index (χ1v) is 4.65. The molecule has 0 rings (SSSR count). The van der Waals surface area contributed by atoms with Crippen molar-refractivity contribution in [1.82, 2.24) is 0 Å². The summed E-state index contributed by atoms with van der Waals surface area (Å²) in [7, 11) is 1.75. The fraction of sp³-hybridized carbons (Fsp3) is 1.00. The smallest absolute Gasteiger partial charge is 0.0623 e. The van der Waals surface area contributed by atoms with Crippen LogP contribution in [0.15, 0.2) is 0 Å². The van der Waals surface area contributed by atoms with Crippen LogP contribution in [0.3, 0.4) is 0 Å². The summed E-state index contributed by atoms with van der Waals surface area (Å²) in [6.45, 7) is 9.15. The van der Waals surface area contributed by atoms with Crippen LogP contribution in [0.2, 0.25) is 0 Å². The number of hydrogen-bond donors (Lipinski definition) is 0.